The lowest BCUT2D eigenvalue weighted by Gasteiger charge is -2.18. The van der Waals surface area contributed by atoms with Gasteiger partial charge in [0.1, 0.15) is 5.54 Å². The highest BCUT2D eigenvalue weighted by atomic mass is 16.4. The number of anilines is 1. The van der Waals surface area contributed by atoms with Gasteiger partial charge in [-0.05, 0) is 26.0 Å². The van der Waals surface area contributed by atoms with Crippen LogP contribution in [0.15, 0.2) is 27.4 Å². The van der Waals surface area contributed by atoms with Crippen LogP contribution in [0.3, 0.4) is 0 Å². The summed E-state index contributed by atoms with van der Waals surface area (Å²) in [7, 11) is 1.65. The molecule has 0 bridgehead atoms. The van der Waals surface area contributed by atoms with E-state index < -0.39 is 11.3 Å². The number of hydrogen-bond acceptors (Lipinski definition) is 4. The van der Waals surface area contributed by atoms with E-state index in [4.69, 9.17) is 9.68 Å². The number of nitrogens with zero attached hydrogens (tertiary/aromatic N) is 2. The normalized spacial score (nSPS) is 11.4. The molecule has 0 amide bonds. The number of fused-ring (bicyclic) bond motifs is 1. The Bertz CT molecular complexity index is 658. The van der Waals surface area contributed by atoms with Crippen molar-refractivity contribution >= 4 is 16.8 Å². The van der Waals surface area contributed by atoms with Crippen molar-refractivity contribution in [3.05, 3.63) is 28.7 Å². The van der Waals surface area contributed by atoms with Gasteiger partial charge >= 0.3 is 5.76 Å². The molecule has 1 heterocycles. The van der Waals surface area contributed by atoms with Gasteiger partial charge in [-0.1, -0.05) is 0 Å². The monoisotopic (exact) mass is 231 g/mol. The Balaban J connectivity index is 2.46. The second-order valence-corrected chi connectivity index (χ2v) is 4.47. The van der Waals surface area contributed by atoms with Gasteiger partial charge in [0.05, 0.1) is 11.6 Å². The van der Waals surface area contributed by atoms with E-state index in [0.717, 1.165) is 11.2 Å². The molecule has 17 heavy (non-hydrogen) atoms. The minimum atomic E-state index is -0.664. The van der Waals surface area contributed by atoms with Gasteiger partial charge in [-0.3, -0.25) is 4.57 Å². The van der Waals surface area contributed by atoms with Gasteiger partial charge in [-0.15, -0.1) is 0 Å². The highest BCUT2D eigenvalue weighted by molar-refractivity contribution is 5.77. The zero-order chi connectivity index (χ0) is 12.6. The minimum absolute atomic E-state index is 0.392. The molecular formula is C12H13N3O2. The molecule has 0 radical (unpaired) electrons. The number of aromatic nitrogens is 1. The number of nitriles is 1. The summed E-state index contributed by atoms with van der Waals surface area (Å²) in [6, 6.07) is 7.47. The number of hydrogen-bond donors (Lipinski definition) is 1. The first-order valence-electron chi connectivity index (χ1n) is 5.22. The van der Waals surface area contributed by atoms with Crippen molar-refractivity contribution in [1.82, 2.24) is 4.57 Å². The molecule has 1 aromatic heterocycles. The second-order valence-electron chi connectivity index (χ2n) is 4.47. The highest BCUT2D eigenvalue weighted by Crippen LogP contribution is 2.20. The second kappa shape index (κ2) is 3.67. The van der Waals surface area contributed by atoms with Gasteiger partial charge in [-0.2, -0.15) is 5.26 Å². The summed E-state index contributed by atoms with van der Waals surface area (Å²) >= 11 is 0. The quantitative estimate of drug-likeness (QED) is 0.856. The summed E-state index contributed by atoms with van der Waals surface area (Å²) in [6.45, 7) is 3.55. The lowest BCUT2D eigenvalue weighted by molar-refractivity contribution is 0.528. The van der Waals surface area contributed by atoms with Crippen LogP contribution in [0, 0.1) is 11.3 Å². The van der Waals surface area contributed by atoms with Gasteiger partial charge in [0.15, 0.2) is 5.58 Å². The van der Waals surface area contributed by atoms with Crippen molar-refractivity contribution in [2.45, 2.75) is 19.4 Å². The average molecular weight is 231 g/mol. The van der Waals surface area contributed by atoms with Gasteiger partial charge in [0, 0.05) is 18.8 Å². The Hall–Kier alpha value is -2.22. The third-order valence-corrected chi connectivity index (χ3v) is 2.53. The maximum absolute atomic E-state index is 11.3. The van der Waals surface area contributed by atoms with Crippen molar-refractivity contribution < 1.29 is 4.42 Å². The molecule has 5 heteroatoms. The first-order valence-corrected chi connectivity index (χ1v) is 5.22. The van der Waals surface area contributed by atoms with Crippen LogP contribution in [-0.2, 0) is 7.05 Å². The van der Waals surface area contributed by atoms with E-state index in [1.807, 2.05) is 6.07 Å². The van der Waals surface area contributed by atoms with Crippen LogP contribution in [-0.4, -0.2) is 10.1 Å². The molecule has 0 saturated heterocycles. The molecule has 2 aromatic rings. The minimum Gasteiger partial charge on any atom is -0.408 e. The van der Waals surface area contributed by atoms with E-state index in [1.165, 1.54) is 4.57 Å². The van der Waals surface area contributed by atoms with E-state index in [0.29, 0.717) is 5.58 Å². The van der Waals surface area contributed by atoms with E-state index in [1.54, 1.807) is 33.0 Å². The maximum atomic E-state index is 11.3. The van der Waals surface area contributed by atoms with Gasteiger partial charge < -0.3 is 9.73 Å². The number of benzene rings is 1. The summed E-state index contributed by atoms with van der Waals surface area (Å²) in [4.78, 5) is 11.3. The molecule has 0 saturated carbocycles. The number of rotatable bonds is 2. The maximum Gasteiger partial charge on any atom is 0.419 e. The molecular weight excluding hydrogens is 218 g/mol. The van der Waals surface area contributed by atoms with Crippen LogP contribution in [0.5, 0.6) is 0 Å². The van der Waals surface area contributed by atoms with Crippen LogP contribution in [0.1, 0.15) is 13.8 Å². The summed E-state index contributed by atoms with van der Waals surface area (Å²) < 4.78 is 6.51. The molecule has 2 rings (SSSR count). The fourth-order valence-corrected chi connectivity index (χ4v) is 1.60. The van der Waals surface area contributed by atoms with Gasteiger partial charge in [0.25, 0.3) is 0 Å². The molecule has 0 aliphatic heterocycles. The SMILES string of the molecule is Cn1c(=O)oc2cc(NC(C)(C)C#N)ccc21. The van der Waals surface area contributed by atoms with Gasteiger partial charge in [0.2, 0.25) is 0 Å². The fraction of sp³-hybridized carbons (Fsp3) is 0.333. The predicted molar refractivity (Wildman–Crippen MR) is 64.8 cm³/mol. The number of nitrogens with one attached hydrogen (secondary N) is 1. The van der Waals surface area contributed by atoms with E-state index >= 15 is 0 Å². The lowest BCUT2D eigenvalue weighted by atomic mass is 10.1. The van der Waals surface area contributed by atoms with Crippen molar-refractivity contribution in [3.8, 4) is 6.07 Å². The third-order valence-electron chi connectivity index (χ3n) is 2.53. The topological polar surface area (TPSA) is 71.0 Å². The van der Waals surface area contributed by atoms with Crippen LogP contribution >= 0.6 is 0 Å². The van der Waals surface area contributed by atoms with E-state index in [2.05, 4.69) is 11.4 Å². The fourth-order valence-electron chi connectivity index (χ4n) is 1.60. The molecule has 0 fully saturated rings. The molecule has 0 aliphatic rings. The average Bonchev–Trinajstić information content (AvgIpc) is 2.54. The summed E-state index contributed by atoms with van der Waals surface area (Å²) in [5.41, 5.74) is 1.33. The van der Waals surface area contributed by atoms with Crippen molar-refractivity contribution in [1.29, 1.82) is 5.26 Å². The van der Waals surface area contributed by atoms with Gasteiger partial charge in [-0.25, -0.2) is 4.79 Å². The zero-order valence-corrected chi connectivity index (χ0v) is 9.94. The number of aryl methyl sites for hydroxylation is 1. The predicted octanol–water partition coefficient (Wildman–Crippen LogP) is 1.85. The van der Waals surface area contributed by atoms with Crippen molar-refractivity contribution in [3.63, 3.8) is 0 Å². The first kappa shape index (κ1) is 11.3. The van der Waals surface area contributed by atoms with Crippen LogP contribution in [0.4, 0.5) is 5.69 Å². The van der Waals surface area contributed by atoms with Crippen LogP contribution in [0.25, 0.3) is 11.1 Å². The molecule has 1 N–H and O–H groups in total. The summed E-state index contributed by atoms with van der Waals surface area (Å²) in [5.74, 6) is -0.392. The molecule has 0 aliphatic carbocycles. The largest absolute Gasteiger partial charge is 0.419 e. The van der Waals surface area contributed by atoms with Crippen molar-refractivity contribution in [2.75, 3.05) is 5.32 Å². The summed E-state index contributed by atoms with van der Waals surface area (Å²) in [5, 5.41) is 12.0. The van der Waals surface area contributed by atoms with Crippen LogP contribution < -0.4 is 11.1 Å². The van der Waals surface area contributed by atoms with E-state index in [-0.39, 0.29) is 0 Å². The van der Waals surface area contributed by atoms with Crippen molar-refractivity contribution in [2.24, 2.45) is 7.05 Å². The Labute approximate surface area is 98.3 Å². The molecule has 0 unspecified atom stereocenters. The van der Waals surface area contributed by atoms with E-state index in [9.17, 15) is 4.79 Å². The standard InChI is InChI=1S/C12H13N3O2/c1-12(2,7-13)14-8-4-5-9-10(6-8)17-11(16)15(9)3/h4-6,14H,1-3H3. The molecule has 0 spiro atoms. The lowest BCUT2D eigenvalue weighted by Crippen LogP contribution is -2.28. The Morgan fingerprint density at radius 3 is 2.82 bits per heavy atom. The zero-order valence-electron chi connectivity index (χ0n) is 9.94. The Morgan fingerprint density at radius 1 is 1.47 bits per heavy atom. The van der Waals surface area contributed by atoms with Crippen LogP contribution in [0.2, 0.25) is 0 Å². The smallest absolute Gasteiger partial charge is 0.408 e. The molecule has 88 valence electrons. The molecule has 5 nitrogen and oxygen atoms in total. The Morgan fingerprint density at radius 2 is 2.18 bits per heavy atom. The third kappa shape index (κ3) is 2.02. The molecule has 0 atom stereocenters. The summed E-state index contributed by atoms with van der Waals surface area (Å²) in [6.07, 6.45) is 0. The first-order chi connectivity index (χ1) is 7.93. The molecule has 1 aromatic carbocycles. The Kier molecular flexibility index (Phi) is 2.43. The number of oxazole rings is 1. The highest BCUT2D eigenvalue weighted by Gasteiger charge is 2.16.